The molecular formula is C14H11BrCl2FNO. The normalized spacial score (nSPS) is 10.7. The molecule has 2 rings (SSSR count). The van der Waals surface area contributed by atoms with Crippen molar-refractivity contribution in [2.75, 3.05) is 7.05 Å². The number of nitrogens with one attached hydrogen (secondary N) is 1. The SMILES string of the molecule is CNCc1ccc(Cl)cc1Oc1cc(F)c(Cl)cc1Br. The first-order valence-electron chi connectivity index (χ1n) is 5.76. The van der Waals surface area contributed by atoms with E-state index in [1.54, 1.807) is 12.1 Å². The molecule has 0 amide bonds. The van der Waals surface area contributed by atoms with E-state index in [-0.39, 0.29) is 5.02 Å². The topological polar surface area (TPSA) is 21.3 Å². The molecule has 1 N–H and O–H groups in total. The monoisotopic (exact) mass is 377 g/mol. The van der Waals surface area contributed by atoms with Crippen LogP contribution in [-0.4, -0.2) is 7.05 Å². The predicted molar refractivity (Wildman–Crippen MR) is 83.4 cm³/mol. The molecule has 0 saturated heterocycles. The highest BCUT2D eigenvalue weighted by Crippen LogP contribution is 2.35. The molecule has 20 heavy (non-hydrogen) atoms. The van der Waals surface area contributed by atoms with Gasteiger partial charge >= 0.3 is 0 Å². The van der Waals surface area contributed by atoms with Crippen molar-refractivity contribution in [1.82, 2.24) is 5.32 Å². The number of rotatable bonds is 4. The molecule has 0 bridgehead atoms. The lowest BCUT2D eigenvalue weighted by atomic mass is 10.2. The van der Waals surface area contributed by atoms with Gasteiger partial charge in [-0.2, -0.15) is 0 Å². The van der Waals surface area contributed by atoms with E-state index in [0.29, 0.717) is 27.5 Å². The van der Waals surface area contributed by atoms with Crippen molar-refractivity contribution >= 4 is 39.1 Å². The van der Waals surface area contributed by atoms with E-state index < -0.39 is 5.82 Å². The van der Waals surface area contributed by atoms with Gasteiger partial charge in [-0.25, -0.2) is 4.39 Å². The smallest absolute Gasteiger partial charge is 0.145 e. The maximum absolute atomic E-state index is 13.5. The number of hydrogen-bond acceptors (Lipinski definition) is 2. The first-order chi connectivity index (χ1) is 9.51. The van der Waals surface area contributed by atoms with Gasteiger partial charge in [0.2, 0.25) is 0 Å². The molecule has 0 spiro atoms. The summed E-state index contributed by atoms with van der Waals surface area (Å²) in [6.07, 6.45) is 0. The summed E-state index contributed by atoms with van der Waals surface area (Å²) in [6, 6.07) is 8.01. The zero-order valence-electron chi connectivity index (χ0n) is 10.5. The molecule has 2 aromatic rings. The average molecular weight is 379 g/mol. The molecule has 106 valence electrons. The lowest BCUT2D eigenvalue weighted by molar-refractivity contribution is 0.466. The van der Waals surface area contributed by atoms with Crippen LogP contribution in [0.15, 0.2) is 34.8 Å². The van der Waals surface area contributed by atoms with Crippen molar-refractivity contribution in [2.45, 2.75) is 6.54 Å². The minimum Gasteiger partial charge on any atom is -0.456 e. The Kier molecular flexibility index (Phi) is 5.27. The van der Waals surface area contributed by atoms with Crippen molar-refractivity contribution in [3.63, 3.8) is 0 Å². The van der Waals surface area contributed by atoms with Gasteiger partial charge < -0.3 is 10.1 Å². The quantitative estimate of drug-likeness (QED) is 0.718. The van der Waals surface area contributed by atoms with Crippen LogP contribution in [0.4, 0.5) is 4.39 Å². The Labute approximate surface area is 135 Å². The van der Waals surface area contributed by atoms with Gasteiger partial charge in [0.25, 0.3) is 0 Å². The highest BCUT2D eigenvalue weighted by Gasteiger charge is 2.11. The Morgan fingerprint density at radius 2 is 1.95 bits per heavy atom. The molecule has 0 saturated carbocycles. The molecule has 0 aliphatic heterocycles. The van der Waals surface area contributed by atoms with Crippen LogP contribution in [0.5, 0.6) is 11.5 Å². The van der Waals surface area contributed by atoms with E-state index in [1.807, 2.05) is 13.1 Å². The van der Waals surface area contributed by atoms with E-state index in [2.05, 4.69) is 21.2 Å². The third-order valence-corrected chi connectivity index (χ3v) is 3.74. The summed E-state index contributed by atoms with van der Waals surface area (Å²) in [5, 5.41) is 3.61. The van der Waals surface area contributed by atoms with E-state index in [9.17, 15) is 4.39 Å². The van der Waals surface area contributed by atoms with E-state index in [0.717, 1.165) is 5.56 Å². The molecule has 0 aromatic heterocycles. The van der Waals surface area contributed by atoms with E-state index >= 15 is 0 Å². The fraction of sp³-hybridized carbons (Fsp3) is 0.143. The largest absolute Gasteiger partial charge is 0.456 e. The van der Waals surface area contributed by atoms with Crippen LogP contribution >= 0.6 is 39.1 Å². The summed E-state index contributed by atoms with van der Waals surface area (Å²) >= 11 is 15.0. The molecule has 0 heterocycles. The maximum atomic E-state index is 13.5. The lowest BCUT2D eigenvalue weighted by Crippen LogP contribution is -2.06. The van der Waals surface area contributed by atoms with Gasteiger partial charge in [0.05, 0.1) is 9.50 Å². The first-order valence-corrected chi connectivity index (χ1v) is 7.31. The van der Waals surface area contributed by atoms with Gasteiger partial charge in [-0.05, 0) is 41.2 Å². The predicted octanol–water partition coefficient (Wildman–Crippen LogP) is 5.41. The average Bonchev–Trinajstić information content (AvgIpc) is 2.39. The third kappa shape index (κ3) is 3.64. The van der Waals surface area contributed by atoms with Crippen molar-refractivity contribution < 1.29 is 9.13 Å². The van der Waals surface area contributed by atoms with Gasteiger partial charge in [0, 0.05) is 23.2 Å². The Hall–Kier alpha value is -0.810. The second-order valence-electron chi connectivity index (χ2n) is 4.08. The minimum absolute atomic E-state index is 0.0331. The molecule has 2 nitrogen and oxygen atoms in total. The molecule has 0 aliphatic carbocycles. The zero-order chi connectivity index (χ0) is 14.7. The van der Waals surface area contributed by atoms with Crippen LogP contribution in [0.1, 0.15) is 5.56 Å². The molecular weight excluding hydrogens is 368 g/mol. The molecule has 0 unspecified atom stereocenters. The summed E-state index contributed by atoms with van der Waals surface area (Å²) in [7, 11) is 1.83. The van der Waals surface area contributed by atoms with Gasteiger partial charge in [0.15, 0.2) is 0 Å². The van der Waals surface area contributed by atoms with Crippen LogP contribution in [0, 0.1) is 5.82 Å². The molecule has 6 heteroatoms. The van der Waals surface area contributed by atoms with E-state index in [1.165, 1.54) is 12.1 Å². The van der Waals surface area contributed by atoms with Gasteiger partial charge in [-0.15, -0.1) is 0 Å². The Balaban J connectivity index is 2.38. The second kappa shape index (κ2) is 6.76. The first kappa shape index (κ1) is 15.6. The van der Waals surface area contributed by atoms with Crippen molar-refractivity contribution in [3.8, 4) is 11.5 Å². The summed E-state index contributed by atoms with van der Waals surface area (Å²) in [5.74, 6) is 0.364. The summed E-state index contributed by atoms with van der Waals surface area (Å²) in [5.41, 5.74) is 0.916. The van der Waals surface area contributed by atoms with Crippen LogP contribution in [0.2, 0.25) is 10.0 Å². The fourth-order valence-electron chi connectivity index (χ4n) is 1.66. The number of hydrogen-bond donors (Lipinski definition) is 1. The maximum Gasteiger partial charge on any atom is 0.145 e. The van der Waals surface area contributed by atoms with Gasteiger partial charge in [0.1, 0.15) is 17.3 Å². The molecule has 0 aliphatic rings. The fourth-order valence-corrected chi connectivity index (χ4v) is 2.54. The second-order valence-corrected chi connectivity index (χ2v) is 5.78. The number of ether oxygens (including phenoxy) is 1. The highest BCUT2D eigenvalue weighted by atomic mass is 79.9. The Bertz CT molecular complexity index is 637. The highest BCUT2D eigenvalue weighted by molar-refractivity contribution is 9.10. The molecule has 0 fully saturated rings. The summed E-state index contributed by atoms with van der Waals surface area (Å²) in [6.45, 7) is 0.611. The number of benzene rings is 2. The van der Waals surface area contributed by atoms with Crippen LogP contribution < -0.4 is 10.1 Å². The molecule has 0 radical (unpaired) electrons. The third-order valence-electron chi connectivity index (χ3n) is 2.59. The Morgan fingerprint density at radius 3 is 2.65 bits per heavy atom. The van der Waals surface area contributed by atoms with Gasteiger partial charge in [-0.3, -0.25) is 0 Å². The minimum atomic E-state index is -0.540. The Morgan fingerprint density at radius 1 is 1.20 bits per heavy atom. The standard InChI is InChI=1S/C14H11BrCl2FNO/c1-19-7-8-2-3-9(16)4-13(8)20-14-6-12(18)11(17)5-10(14)15/h2-6,19H,7H2,1H3. The van der Waals surface area contributed by atoms with Gasteiger partial charge in [-0.1, -0.05) is 29.3 Å². The van der Waals surface area contributed by atoms with E-state index in [4.69, 9.17) is 27.9 Å². The molecule has 2 aromatic carbocycles. The molecule has 0 atom stereocenters. The van der Waals surface area contributed by atoms with Crippen molar-refractivity contribution in [2.24, 2.45) is 0 Å². The lowest BCUT2D eigenvalue weighted by Gasteiger charge is -2.13. The number of halogens is 4. The van der Waals surface area contributed by atoms with Crippen LogP contribution in [-0.2, 0) is 6.54 Å². The summed E-state index contributed by atoms with van der Waals surface area (Å²) < 4.78 is 19.8. The van der Waals surface area contributed by atoms with Crippen LogP contribution in [0.3, 0.4) is 0 Å². The summed E-state index contributed by atoms with van der Waals surface area (Å²) in [4.78, 5) is 0. The van der Waals surface area contributed by atoms with Crippen LogP contribution in [0.25, 0.3) is 0 Å². The zero-order valence-corrected chi connectivity index (χ0v) is 13.6. The van der Waals surface area contributed by atoms with Crippen molar-refractivity contribution in [3.05, 3.63) is 56.2 Å². The van der Waals surface area contributed by atoms with Crippen molar-refractivity contribution in [1.29, 1.82) is 0 Å².